The Balaban J connectivity index is 3.00. The Kier molecular flexibility index (Phi) is 3.30. The standard InChI is InChI=1S/C9H4ClF2NO3/c10-6-3-5(4-13)1-2-7(6)16-9(11,12)8(14)15/h1-3H,(H,14,15). The van der Waals surface area contributed by atoms with E-state index in [1.54, 1.807) is 6.07 Å². The molecule has 1 aromatic rings. The molecule has 0 atom stereocenters. The van der Waals surface area contributed by atoms with Gasteiger partial charge in [-0.3, -0.25) is 0 Å². The third-order valence-corrected chi connectivity index (χ3v) is 1.84. The van der Waals surface area contributed by atoms with E-state index in [2.05, 4.69) is 4.74 Å². The average molecular weight is 248 g/mol. The van der Waals surface area contributed by atoms with Crippen LogP contribution in [-0.4, -0.2) is 17.2 Å². The van der Waals surface area contributed by atoms with Crippen LogP contribution >= 0.6 is 11.6 Å². The van der Waals surface area contributed by atoms with Crippen LogP contribution < -0.4 is 4.74 Å². The number of alkyl halides is 2. The summed E-state index contributed by atoms with van der Waals surface area (Å²) in [4.78, 5) is 10.1. The second kappa shape index (κ2) is 4.33. The largest absolute Gasteiger partial charge is 0.501 e. The summed E-state index contributed by atoms with van der Waals surface area (Å²) in [5, 5.41) is 16.3. The lowest BCUT2D eigenvalue weighted by Gasteiger charge is -2.14. The van der Waals surface area contributed by atoms with Gasteiger partial charge in [-0.25, -0.2) is 4.79 Å². The molecule has 0 fully saturated rings. The molecule has 0 aliphatic carbocycles. The third kappa shape index (κ3) is 2.58. The minimum Gasteiger partial charge on any atom is -0.474 e. The number of aliphatic carboxylic acids is 1. The van der Waals surface area contributed by atoms with Crippen molar-refractivity contribution in [2.75, 3.05) is 0 Å². The molecular formula is C9H4ClF2NO3. The number of ether oxygens (including phenoxy) is 1. The van der Waals surface area contributed by atoms with Gasteiger partial charge in [0.25, 0.3) is 0 Å². The van der Waals surface area contributed by atoms with Crippen LogP contribution in [0.3, 0.4) is 0 Å². The van der Waals surface area contributed by atoms with E-state index in [9.17, 15) is 13.6 Å². The number of nitrogens with zero attached hydrogens (tertiary/aromatic N) is 1. The molecule has 0 unspecified atom stereocenters. The first kappa shape index (κ1) is 12.2. The van der Waals surface area contributed by atoms with Gasteiger partial charge >= 0.3 is 12.1 Å². The molecule has 1 rings (SSSR count). The van der Waals surface area contributed by atoms with E-state index in [1.807, 2.05) is 0 Å². The van der Waals surface area contributed by atoms with Crippen molar-refractivity contribution >= 4 is 17.6 Å². The number of carboxylic acid groups (broad SMARTS) is 1. The van der Waals surface area contributed by atoms with Crippen LogP contribution in [0.25, 0.3) is 0 Å². The lowest BCUT2D eigenvalue weighted by molar-refractivity contribution is -0.210. The number of nitriles is 1. The molecule has 0 aliphatic heterocycles. The molecular weight excluding hydrogens is 244 g/mol. The number of benzene rings is 1. The highest BCUT2D eigenvalue weighted by molar-refractivity contribution is 6.32. The first-order chi connectivity index (χ1) is 7.36. The van der Waals surface area contributed by atoms with E-state index in [-0.39, 0.29) is 10.6 Å². The van der Waals surface area contributed by atoms with Crippen LogP contribution in [0.4, 0.5) is 8.78 Å². The van der Waals surface area contributed by atoms with Gasteiger partial charge in [-0.2, -0.15) is 14.0 Å². The lowest BCUT2D eigenvalue weighted by Crippen LogP contribution is -2.34. The van der Waals surface area contributed by atoms with Gasteiger partial charge in [-0.15, -0.1) is 0 Å². The van der Waals surface area contributed by atoms with Crippen molar-refractivity contribution in [3.8, 4) is 11.8 Å². The maximum absolute atomic E-state index is 12.6. The Morgan fingerprint density at radius 1 is 1.56 bits per heavy atom. The molecule has 0 bridgehead atoms. The summed E-state index contributed by atoms with van der Waals surface area (Å²) in [5.41, 5.74) is 0.149. The Morgan fingerprint density at radius 3 is 2.62 bits per heavy atom. The summed E-state index contributed by atoms with van der Waals surface area (Å²) in [6.07, 6.45) is -4.36. The van der Waals surface area contributed by atoms with Gasteiger partial charge in [0, 0.05) is 0 Å². The van der Waals surface area contributed by atoms with E-state index in [0.717, 1.165) is 12.1 Å². The molecule has 0 spiro atoms. The highest BCUT2D eigenvalue weighted by Crippen LogP contribution is 2.30. The van der Waals surface area contributed by atoms with Crippen LogP contribution in [-0.2, 0) is 4.79 Å². The van der Waals surface area contributed by atoms with Crippen molar-refractivity contribution in [3.05, 3.63) is 28.8 Å². The summed E-state index contributed by atoms with van der Waals surface area (Å²) in [6.45, 7) is 0. The molecule has 0 saturated carbocycles. The first-order valence-electron chi connectivity index (χ1n) is 3.86. The fraction of sp³-hybridized carbons (Fsp3) is 0.111. The van der Waals surface area contributed by atoms with Crippen LogP contribution in [0.5, 0.6) is 5.75 Å². The fourth-order valence-corrected chi connectivity index (χ4v) is 1.05. The summed E-state index contributed by atoms with van der Waals surface area (Å²) in [7, 11) is 0. The minimum absolute atomic E-state index is 0.149. The van der Waals surface area contributed by atoms with Gasteiger partial charge in [0.2, 0.25) is 0 Å². The normalized spacial score (nSPS) is 10.6. The van der Waals surface area contributed by atoms with Crippen molar-refractivity contribution in [1.82, 2.24) is 0 Å². The maximum atomic E-state index is 12.6. The Hall–Kier alpha value is -1.87. The molecule has 4 nitrogen and oxygen atoms in total. The predicted molar refractivity (Wildman–Crippen MR) is 49.4 cm³/mol. The molecule has 0 aromatic heterocycles. The van der Waals surface area contributed by atoms with E-state index in [0.29, 0.717) is 0 Å². The highest BCUT2D eigenvalue weighted by Gasteiger charge is 2.42. The molecule has 7 heteroatoms. The summed E-state index contributed by atoms with van der Waals surface area (Å²) in [6, 6.07) is 5.01. The number of carbonyl (C=O) groups is 1. The number of rotatable bonds is 3. The van der Waals surface area contributed by atoms with E-state index < -0.39 is 17.8 Å². The van der Waals surface area contributed by atoms with Crippen molar-refractivity contribution < 1.29 is 23.4 Å². The van der Waals surface area contributed by atoms with Gasteiger partial charge in [-0.05, 0) is 18.2 Å². The summed E-state index contributed by atoms with van der Waals surface area (Å²) in [5.74, 6) is -2.93. The molecule has 0 heterocycles. The van der Waals surface area contributed by atoms with Crippen molar-refractivity contribution in [1.29, 1.82) is 5.26 Å². The molecule has 0 saturated heterocycles. The quantitative estimate of drug-likeness (QED) is 0.889. The highest BCUT2D eigenvalue weighted by atomic mass is 35.5. The third-order valence-electron chi connectivity index (χ3n) is 1.55. The number of halogens is 3. The van der Waals surface area contributed by atoms with Crippen molar-refractivity contribution in [3.63, 3.8) is 0 Å². The zero-order chi connectivity index (χ0) is 12.3. The predicted octanol–water partition coefficient (Wildman–Crippen LogP) is 2.27. The molecule has 1 aromatic carbocycles. The monoisotopic (exact) mass is 247 g/mol. The Bertz CT molecular complexity index is 470. The molecule has 0 aliphatic rings. The summed E-state index contributed by atoms with van der Waals surface area (Å²) < 4.78 is 29.2. The van der Waals surface area contributed by atoms with E-state index >= 15 is 0 Å². The zero-order valence-electron chi connectivity index (χ0n) is 7.58. The van der Waals surface area contributed by atoms with Crippen LogP contribution in [0.2, 0.25) is 5.02 Å². The number of carboxylic acids is 1. The van der Waals surface area contributed by atoms with Crippen molar-refractivity contribution in [2.45, 2.75) is 6.11 Å². The molecule has 0 amide bonds. The SMILES string of the molecule is N#Cc1ccc(OC(F)(F)C(=O)O)c(Cl)c1. The number of hydrogen-bond acceptors (Lipinski definition) is 3. The van der Waals surface area contributed by atoms with E-state index in [4.69, 9.17) is 22.0 Å². The number of hydrogen-bond donors (Lipinski definition) is 1. The molecule has 1 N–H and O–H groups in total. The second-order valence-corrected chi connectivity index (χ2v) is 3.09. The topological polar surface area (TPSA) is 70.3 Å². The first-order valence-corrected chi connectivity index (χ1v) is 4.24. The van der Waals surface area contributed by atoms with Crippen LogP contribution in [0.15, 0.2) is 18.2 Å². The van der Waals surface area contributed by atoms with Gasteiger partial charge in [0.1, 0.15) is 5.75 Å². The van der Waals surface area contributed by atoms with Crippen LogP contribution in [0.1, 0.15) is 5.56 Å². The fourth-order valence-electron chi connectivity index (χ4n) is 0.835. The molecule has 84 valence electrons. The Morgan fingerprint density at radius 2 is 2.19 bits per heavy atom. The molecule has 0 radical (unpaired) electrons. The maximum Gasteiger partial charge on any atom is 0.501 e. The lowest BCUT2D eigenvalue weighted by atomic mass is 10.2. The average Bonchev–Trinajstić information content (AvgIpc) is 2.20. The Labute approximate surface area is 93.6 Å². The van der Waals surface area contributed by atoms with Crippen LogP contribution in [0, 0.1) is 11.3 Å². The zero-order valence-corrected chi connectivity index (χ0v) is 8.33. The van der Waals surface area contributed by atoms with Crippen molar-refractivity contribution in [2.24, 2.45) is 0 Å². The van der Waals surface area contributed by atoms with E-state index in [1.165, 1.54) is 6.07 Å². The smallest absolute Gasteiger partial charge is 0.474 e. The molecule has 16 heavy (non-hydrogen) atoms. The van der Waals surface area contributed by atoms with Gasteiger partial charge in [0.05, 0.1) is 16.7 Å². The minimum atomic E-state index is -4.36. The summed E-state index contributed by atoms with van der Waals surface area (Å²) >= 11 is 5.52. The van der Waals surface area contributed by atoms with Gasteiger partial charge in [-0.1, -0.05) is 11.6 Å². The van der Waals surface area contributed by atoms with Gasteiger partial charge < -0.3 is 9.84 Å². The van der Waals surface area contributed by atoms with Gasteiger partial charge in [0.15, 0.2) is 0 Å². The second-order valence-electron chi connectivity index (χ2n) is 2.68.